The SMILES string of the molecule is CN=C(NCc1cc(F)ccc1Br)NC(C)C(C)C. The Bertz CT molecular complexity index is 446. The lowest BCUT2D eigenvalue weighted by Gasteiger charge is -2.21. The van der Waals surface area contributed by atoms with Gasteiger partial charge in [0.05, 0.1) is 0 Å². The maximum absolute atomic E-state index is 13.2. The Hall–Kier alpha value is -1.10. The smallest absolute Gasteiger partial charge is 0.191 e. The van der Waals surface area contributed by atoms with Crippen molar-refractivity contribution in [2.45, 2.75) is 33.4 Å². The van der Waals surface area contributed by atoms with Gasteiger partial charge < -0.3 is 10.6 Å². The van der Waals surface area contributed by atoms with Gasteiger partial charge in [-0.05, 0) is 36.6 Å². The van der Waals surface area contributed by atoms with Crippen LogP contribution in [0.1, 0.15) is 26.3 Å². The molecule has 0 aliphatic rings. The van der Waals surface area contributed by atoms with Crippen molar-refractivity contribution in [1.82, 2.24) is 10.6 Å². The van der Waals surface area contributed by atoms with E-state index in [0.717, 1.165) is 16.0 Å². The van der Waals surface area contributed by atoms with Crippen LogP contribution in [-0.4, -0.2) is 19.0 Å². The number of hydrogen-bond acceptors (Lipinski definition) is 1. The summed E-state index contributed by atoms with van der Waals surface area (Å²) < 4.78 is 14.1. The minimum atomic E-state index is -0.238. The second-order valence-electron chi connectivity index (χ2n) is 4.84. The molecule has 1 rings (SSSR count). The van der Waals surface area contributed by atoms with Gasteiger partial charge >= 0.3 is 0 Å². The molecule has 106 valence electrons. The van der Waals surface area contributed by atoms with Crippen LogP contribution in [0.15, 0.2) is 27.7 Å². The standard InChI is InChI=1S/C14H21BrFN3/c1-9(2)10(3)19-14(17-4)18-8-11-7-12(16)5-6-13(11)15/h5-7,9-10H,8H2,1-4H3,(H2,17,18,19). The zero-order valence-corrected chi connectivity index (χ0v) is 13.4. The molecule has 0 aliphatic heterocycles. The van der Waals surface area contributed by atoms with E-state index in [4.69, 9.17) is 0 Å². The van der Waals surface area contributed by atoms with E-state index in [-0.39, 0.29) is 5.82 Å². The average Bonchev–Trinajstić information content (AvgIpc) is 2.37. The number of guanidine groups is 1. The second-order valence-corrected chi connectivity index (χ2v) is 5.69. The van der Waals surface area contributed by atoms with Crippen molar-refractivity contribution in [2.75, 3.05) is 7.05 Å². The van der Waals surface area contributed by atoms with Gasteiger partial charge in [0, 0.05) is 24.1 Å². The van der Waals surface area contributed by atoms with Gasteiger partial charge in [0.25, 0.3) is 0 Å². The number of benzene rings is 1. The fraction of sp³-hybridized carbons (Fsp3) is 0.500. The van der Waals surface area contributed by atoms with Crippen molar-refractivity contribution < 1.29 is 4.39 Å². The highest BCUT2D eigenvalue weighted by atomic mass is 79.9. The van der Waals surface area contributed by atoms with Crippen molar-refractivity contribution in [3.63, 3.8) is 0 Å². The number of nitrogens with one attached hydrogen (secondary N) is 2. The van der Waals surface area contributed by atoms with Gasteiger partial charge in [0.15, 0.2) is 5.96 Å². The summed E-state index contributed by atoms with van der Waals surface area (Å²) in [4.78, 5) is 4.16. The van der Waals surface area contributed by atoms with Gasteiger partial charge in [0.1, 0.15) is 5.82 Å². The highest BCUT2D eigenvalue weighted by Gasteiger charge is 2.09. The molecular formula is C14H21BrFN3. The minimum Gasteiger partial charge on any atom is -0.354 e. The van der Waals surface area contributed by atoms with Crippen LogP contribution >= 0.6 is 15.9 Å². The van der Waals surface area contributed by atoms with E-state index in [1.165, 1.54) is 12.1 Å². The van der Waals surface area contributed by atoms with Crippen LogP contribution in [0.3, 0.4) is 0 Å². The van der Waals surface area contributed by atoms with E-state index in [0.29, 0.717) is 18.5 Å². The third kappa shape index (κ3) is 5.19. The van der Waals surface area contributed by atoms with Crippen LogP contribution in [0.4, 0.5) is 4.39 Å². The average molecular weight is 330 g/mol. The monoisotopic (exact) mass is 329 g/mol. The molecule has 0 aliphatic carbocycles. The molecule has 2 N–H and O–H groups in total. The fourth-order valence-corrected chi connectivity index (χ4v) is 1.82. The lowest BCUT2D eigenvalue weighted by atomic mass is 10.1. The summed E-state index contributed by atoms with van der Waals surface area (Å²) in [6.45, 7) is 6.92. The van der Waals surface area contributed by atoms with E-state index >= 15 is 0 Å². The van der Waals surface area contributed by atoms with Gasteiger partial charge in [-0.1, -0.05) is 29.8 Å². The largest absolute Gasteiger partial charge is 0.354 e. The third-order valence-electron chi connectivity index (χ3n) is 3.04. The van der Waals surface area contributed by atoms with Crippen LogP contribution < -0.4 is 10.6 Å². The van der Waals surface area contributed by atoms with Crippen LogP contribution in [0.5, 0.6) is 0 Å². The van der Waals surface area contributed by atoms with Crippen LogP contribution in [0.25, 0.3) is 0 Å². The molecule has 19 heavy (non-hydrogen) atoms. The van der Waals surface area contributed by atoms with Gasteiger partial charge in [-0.2, -0.15) is 0 Å². The lowest BCUT2D eigenvalue weighted by molar-refractivity contribution is 0.481. The summed E-state index contributed by atoms with van der Waals surface area (Å²) >= 11 is 3.41. The first kappa shape index (κ1) is 16.0. The summed E-state index contributed by atoms with van der Waals surface area (Å²) in [5.41, 5.74) is 0.861. The maximum Gasteiger partial charge on any atom is 0.191 e. The van der Waals surface area contributed by atoms with Gasteiger partial charge in [0.2, 0.25) is 0 Å². The zero-order chi connectivity index (χ0) is 14.4. The molecule has 0 saturated carbocycles. The molecule has 0 radical (unpaired) electrons. The van der Waals surface area contributed by atoms with Crippen molar-refractivity contribution in [3.8, 4) is 0 Å². The molecule has 0 heterocycles. The number of nitrogens with zero attached hydrogens (tertiary/aromatic N) is 1. The Kier molecular flexibility index (Phi) is 6.28. The van der Waals surface area contributed by atoms with E-state index in [9.17, 15) is 4.39 Å². The highest BCUT2D eigenvalue weighted by molar-refractivity contribution is 9.10. The summed E-state index contributed by atoms with van der Waals surface area (Å²) in [5, 5.41) is 6.48. The van der Waals surface area contributed by atoms with Gasteiger partial charge in [-0.3, -0.25) is 4.99 Å². The topological polar surface area (TPSA) is 36.4 Å². The zero-order valence-electron chi connectivity index (χ0n) is 11.8. The first-order valence-electron chi connectivity index (χ1n) is 6.35. The lowest BCUT2D eigenvalue weighted by Crippen LogP contribution is -2.43. The molecule has 0 fully saturated rings. The Morgan fingerprint density at radius 1 is 1.37 bits per heavy atom. The molecule has 1 aromatic carbocycles. The molecule has 0 saturated heterocycles. The maximum atomic E-state index is 13.2. The number of halogens is 2. The summed E-state index contributed by atoms with van der Waals surface area (Å²) in [6.07, 6.45) is 0. The predicted molar refractivity (Wildman–Crippen MR) is 81.7 cm³/mol. The second kappa shape index (κ2) is 7.48. The van der Waals surface area contributed by atoms with E-state index in [1.54, 1.807) is 13.1 Å². The Morgan fingerprint density at radius 2 is 2.05 bits per heavy atom. The van der Waals surface area contributed by atoms with E-state index in [2.05, 4.69) is 52.3 Å². The molecule has 0 spiro atoms. The van der Waals surface area contributed by atoms with Crippen LogP contribution in [-0.2, 0) is 6.54 Å². The van der Waals surface area contributed by atoms with Gasteiger partial charge in [-0.25, -0.2) is 4.39 Å². The quantitative estimate of drug-likeness (QED) is 0.656. The molecule has 1 unspecified atom stereocenters. The Morgan fingerprint density at radius 3 is 2.63 bits per heavy atom. The molecule has 1 aromatic rings. The Labute approximate surface area is 122 Å². The molecule has 0 amide bonds. The van der Waals surface area contributed by atoms with Crippen molar-refractivity contribution in [3.05, 3.63) is 34.1 Å². The van der Waals surface area contributed by atoms with Crippen molar-refractivity contribution >= 4 is 21.9 Å². The Balaban J connectivity index is 2.61. The number of aliphatic imine (C=N–C) groups is 1. The highest BCUT2D eigenvalue weighted by Crippen LogP contribution is 2.17. The van der Waals surface area contributed by atoms with E-state index < -0.39 is 0 Å². The molecule has 1 atom stereocenters. The first-order chi connectivity index (χ1) is 8.93. The van der Waals surface area contributed by atoms with Crippen molar-refractivity contribution in [2.24, 2.45) is 10.9 Å². The fourth-order valence-electron chi connectivity index (χ4n) is 1.43. The molecular weight excluding hydrogens is 309 g/mol. The van der Waals surface area contributed by atoms with Crippen LogP contribution in [0.2, 0.25) is 0 Å². The van der Waals surface area contributed by atoms with Crippen molar-refractivity contribution in [1.29, 1.82) is 0 Å². The summed E-state index contributed by atoms with van der Waals surface area (Å²) in [5.74, 6) is 0.996. The molecule has 3 nitrogen and oxygen atoms in total. The van der Waals surface area contributed by atoms with Gasteiger partial charge in [-0.15, -0.1) is 0 Å². The summed E-state index contributed by atoms with van der Waals surface area (Å²) in [6, 6.07) is 4.97. The first-order valence-corrected chi connectivity index (χ1v) is 7.14. The molecule has 0 bridgehead atoms. The number of rotatable bonds is 4. The third-order valence-corrected chi connectivity index (χ3v) is 3.82. The normalized spacial score (nSPS) is 13.5. The predicted octanol–water partition coefficient (Wildman–Crippen LogP) is 3.30. The minimum absolute atomic E-state index is 0.238. The molecule has 5 heteroatoms. The number of hydrogen-bond donors (Lipinski definition) is 2. The molecule has 0 aromatic heterocycles. The van der Waals surface area contributed by atoms with Crippen LogP contribution in [0, 0.1) is 11.7 Å². The van der Waals surface area contributed by atoms with E-state index in [1.807, 2.05) is 0 Å². The summed E-state index contributed by atoms with van der Waals surface area (Å²) in [7, 11) is 1.73.